The van der Waals surface area contributed by atoms with E-state index in [1.54, 1.807) is 18.3 Å². The van der Waals surface area contributed by atoms with Gasteiger partial charge in [0.15, 0.2) is 0 Å². The molecule has 0 aromatic carbocycles. The third kappa shape index (κ3) is 3.69. The first kappa shape index (κ1) is 11.8. The van der Waals surface area contributed by atoms with Gasteiger partial charge in [0.25, 0.3) is 0 Å². The Kier molecular flexibility index (Phi) is 3.89. The molecule has 3 N–H and O–H groups in total. The molecule has 0 saturated carbocycles. The highest BCUT2D eigenvalue weighted by molar-refractivity contribution is 5.77. The maximum absolute atomic E-state index is 11.7. The van der Waals surface area contributed by atoms with E-state index in [-0.39, 0.29) is 12.3 Å². The molecule has 92 valence electrons. The molecule has 1 saturated heterocycles. The Morgan fingerprint density at radius 2 is 2.24 bits per heavy atom. The van der Waals surface area contributed by atoms with E-state index in [0.29, 0.717) is 24.6 Å². The number of carbonyl (C=O) groups is 1. The monoisotopic (exact) mass is 236 g/mol. The van der Waals surface area contributed by atoms with Gasteiger partial charge < -0.3 is 10.5 Å². The van der Waals surface area contributed by atoms with E-state index in [4.69, 9.17) is 10.5 Å². The minimum atomic E-state index is -0.0656. The number of hydrazine groups is 1. The van der Waals surface area contributed by atoms with Gasteiger partial charge >= 0.3 is 0 Å². The van der Waals surface area contributed by atoms with Crippen molar-refractivity contribution in [3.63, 3.8) is 0 Å². The van der Waals surface area contributed by atoms with Crippen LogP contribution in [0.5, 0.6) is 0 Å². The molecule has 1 fully saturated rings. The molecular weight excluding hydrogens is 220 g/mol. The highest BCUT2D eigenvalue weighted by atomic mass is 16.5. The Bertz CT molecular complexity index is 374. The molecule has 0 bridgehead atoms. The summed E-state index contributed by atoms with van der Waals surface area (Å²) >= 11 is 0. The van der Waals surface area contributed by atoms with Gasteiger partial charge in [0.2, 0.25) is 5.91 Å². The molecule has 6 heteroatoms. The molecule has 1 amide bonds. The molecule has 6 nitrogen and oxygen atoms in total. The van der Waals surface area contributed by atoms with Crippen molar-refractivity contribution in [2.45, 2.75) is 6.42 Å². The van der Waals surface area contributed by atoms with Gasteiger partial charge in [-0.05, 0) is 12.1 Å². The molecule has 0 unspecified atom stereocenters. The number of anilines is 1. The number of nitrogens with one attached hydrogen (secondary N) is 1. The lowest BCUT2D eigenvalue weighted by atomic mass is 10.2. The van der Waals surface area contributed by atoms with Crippen LogP contribution in [-0.4, -0.2) is 42.2 Å². The predicted octanol–water partition coefficient (Wildman–Crippen LogP) is -0.430. The van der Waals surface area contributed by atoms with Crippen LogP contribution < -0.4 is 11.2 Å². The fourth-order valence-corrected chi connectivity index (χ4v) is 1.60. The highest BCUT2D eigenvalue weighted by Crippen LogP contribution is 2.02. The topological polar surface area (TPSA) is 80.5 Å². The maximum Gasteiger partial charge on any atom is 0.240 e. The third-order valence-corrected chi connectivity index (χ3v) is 2.48. The second-order valence-corrected chi connectivity index (χ2v) is 3.89. The van der Waals surface area contributed by atoms with Gasteiger partial charge in [0, 0.05) is 18.8 Å². The van der Waals surface area contributed by atoms with Crippen molar-refractivity contribution in [3.8, 4) is 0 Å². The van der Waals surface area contributed by atoms with Crippen LogP contribution in [0.1, 0.15) is 5.69 Å². The largest absolute Gasteiger partial charge is 0.397 e. The molecule has 0 spiro atoms. The highest BCUT2D eigenvalue weighted by Gasteiger charge is 2.13. The number of amides is 1. The minimum absolute atomic E-state index is 0.0656. The van der Waals surface area contributed by atoms with Crippen LogP contribution in [0.25, 0.3) is 0 Å². The molecule has 0 aliphatic carbocycles. The summed E-state index contributed by atoms with van der Waals surface area (Å²) in [6, 6.07) is 3.50. The van der Waals surface area contributed by atoms with E-state index in [9.17, 15) is 4.79 Å². The third-order valence-electron chi connectivity index (χ3n) is 2.48. The molecule has 2 heterocycles. The van der Waals surface area contributed by atoms with E-state index in [0.717, 1.165) is 13.1 Å². The standard InChI is InChI=1S/C11H16N4O2/c12-9-1-2-10(13-8-9)7-11(16)14-15-3-5-17-6-4-15/h1-2,8H,3-7,12H2,(H,14,16). The Morgan fingerprint density at radius 3 is 2.88 bits per heavy atom. The van der Waals surface area contributed by atoms with Gasteiger partial charge in [0.05, 0.1) is 31.5 Å². The number of morpholine rings is 1. The lowest BCUT2D eigenvalue weighted by Gasteiger charge is -2.26. The molecular formula is C11H16N4O2. The summed E-state index contributed by atoms with van der Waals surface area (Å²) in [6.45, 7) is 2.75. The zero-order chi connectivity index (χ0) is 12.1. The Hall–Kier alpha value is -1.66. The van der Waals surface area contributed by atoms with Gasteiger partial charge in [-0.25, -0.2) is 5.01 Å². The summed E-state index contributed by atoms with van der Waals surface area (Å²) in [5.41, 5.74) is 9.66. The van der Waals surface area contributed by atoms with Crippen LogP contribution in [0.4, 0.5) is 5.69 Å². The summed E-state index contributed by atoms with van der Waals surface area (Å²) in [5, 5.41) is 1.86. The smallest absolute Gasteiger partial charge is 0.240 e. The summed E-state index contributed by atoms with van der Waals surface area (Å²) in [6.07, 6.45) is 1.81. The number of aromatic nitrogens is 1. The van der Waals surface area contributed by atoms with Gasteiger partial charge in [-0.1, -0.05) is 0 Å². The SMILES string of the molecule is Nc1ccc(CC(=O)NN2CCOCC2)nc1. The number of pyridine rings is 1. The van der Waals surface area contributed by atoms with Crippen LogP contribution in [0, 0.1) is 0 Å². The predicted molar refractivity (Wildman–Crippen MR) is 62.9 cm³/mol. The number of carbonyl (C=O) groups excluding carboxylic acids is 1. The van der Waals surface area contributed by atoms with E-state index in [1.807, 2.05) is 5.01 Å². The van der Waals surface area contributed by atoms with Crippen LogP contribution >= 0.6 is 0 Å². The van der Waals surface area contributed by atoms with E-state index in [1.165, 1.54) is 0 Å². The van der Waals surface area contributed by atoms with E-state index < -0.39 is 0 Å². The summed E-state index contributed by atoms with van der Waals surface area (Å²) < 4.78 is 5.19. The van der Waals surface area contributed by atoms with Gasteiger partial charge in [-0.2, -0.15) is 0 Å². The fraction of sp³-hybridized carbons (Fsp3) is 0.455. The number of nitrogen functional groups attached to an aromatic ring is 1. The maximum atomic E-state index is 11.7. The van der Waals surface area contributed by atoms with Gasteiger partial charge in [-0.15, -0.1) is 0 Å². The molecule has 0 radical (unpaired) electrons. The summed E-state index contributed by atoms with van der Waals surface area (Å²) in [7, 11) is 0. The number of hydrogen-bond donors (Lipinski definition) is 2. The first-order chi connectivity index (χ1) is 8.24. The number of nitrogens with two attached hydrogens (primary N) is 1. The average molecular weight is 236 g/mol. The molecule has 1 aliphatic heterocycles. The first-order valence-electron chi connectivity index (χ1n) is 5.56. The zero-order valence-corrected chi connectivity index (χ0v) is 9.56. The minimum Gasteiger partial charge on any atom is -0.397 e. The van der Waals surface area contributed by atoms with E-state index >= 15 is 0 Å². The molecule has 2 rings (SSSR count). The summed E-state index contributed by atoms with van der Waals surface area (Å²) in [5.74, 6) is -0.0656. The lowest BCUT2D eigenvalue weighted by molar-refractivity contribution is -0.127. The molecule has 1 aromatic heterocycles. The molecule has 1 aliphatic rings. The van der Waals surface area contributed by atoms with Crippen LogP contribution in [0.2, 0.25) is 0 Å². The van der Waals surface area contributed by atoms with Crippen molar-refractivity contribution in [1.29, 1.82) is 0 Å². The van der Waals surface area contributed by atoms with Crippen molar-refractivity contribution < 1.29 is 9.53 Å². The number of nitrogens with zero attached hydrogens (tertiary/aromatic N) is 2. The number of hydrogen-bond acceptors (Lipinski definition) is 5. The van der Waals surface area contributed by atoms with Crippen molar-refractivity contribution >= 4 is 11.6 Å². The van der Waals surface area contributed by atoms with Gasteiger partial charge in [0.1, 0.15) is 0 Å². The van der Waals surface area contributed by atoms with Crippen molar-refractivity contribution in [3.05, 3.63) is 24.0 Å². The lowest BCUT2D eigenvalue weighted by Crippen LogP contribution is -2.48. The zero-order valence-electron chi connectivity index (χ0n) is 9.56. The van der Waals surface area contributed by atoms with Crippen molar-refractivity contribution in [2.75, 3.05) is 32.0 Å². The Balaban J connectivity index is 1.82. The quantitative estimate of drug-likeness (QED) is 0.744. The fourth-order valence-electron chi connectivity index (χ4n) is 1.60. The molecule has 1 aromatic rings. The first-order valence-corrected chi connectivity index (χ1v) is 5.56. The van der Waals surface area contributed by atoms with Crippen LogP contribution in [0.15, 0.2) is 18.3 Å². The normalized spacial score (nSPS) is 16.7. The second-order valence-electron chi connectivity index (χ2n) is 3.89. The summed E-state index contributed by atoms with van der Waals surface area (Å²) in [4.78, 5) is 15.8. The average Bonchev–Trinajstić information content (AvgIpc) is 2.33. The van der Waals surface area contributed by atoms with Gasteiger partial charge in [-0.3, -0.25) is 15.2 Å². The van der Waals surface area contributed by atoms with E-state index in [2.05, 4.69) is 10.4 Å². The van der Waals surface area contributed by atoms with Crippen LogP contribution in [-0.2, 0) is 16.0 Å². The number of ether oxygens (including phenoxy) is 1. The Morgan fingerprint density at radius 1 is 1.47 bits per heavy atom. The number of rotatable bonds is 3. The Labute approximate surface area is 99.7 Å². The van der Waals surface area contributed by atoms with Crippen molar-refractivity contribution in [2.24, 2.45) is 0 Å². The molecule has 17 heavy (non-hydrogen) atoms. The van der Waals surface area contributed by atoms with Crippen LogP contribution in [0.3, 0.4) is 0 Å². The second kappa shape index (κ2) is 5.60. The molecule has 0 atom stereocenters. The van der Waals surface area contributed by atoms with Crippen molar-refractivity contribution in [1.82, 2.24) is 15.4 Å².